The molecule has 0 atom stereocenters. The van der Waals surface area contributed by atoms with E-state index in [1.165, 1.54) is 0 Å². The first-order chi connectivity index (χ1) is 9.97. The molecule has 2 aromatic carbocycles. The van der Waals surface area contributed by atoms with Crippen molar-refractivity contribution in [2.45, 2.75) is 0 Å². The Morgan fingerprint density at radius 1 is 1.14 bits per heavy atom. The summed E-state index contributed by atoms with van der Waals surface area (Å²) in [7, 11) is 0. The lowest BCUT2D eigenvalue weighted by Gasteiger charge is -2.12. The van der Waals surface area contributed by atoms with Crippen molar-refractivity contribution in [3.8, 4) is 0 Å². The van der Waals surface area contributed by atoms with Gasteiger partial charge in [0, 0.05) is 12.5 Å². The largest absolute Gasteiger partial charge is 0.332 e. The SMILES string of the molecule is O=C(NC(=S)Nc1ccc(Br)cc1I)c1ccccc1Br. The summed E-state index contributed by atoms with van der Waals surface area (Å²) >= 11 is 14.1. The molecule has 0 aliphatic carbocycles. The van der Waals surface area contributed by atoms with Gasteiger partial charge in [-0.05, 0) is 81.1 Å². The Kier molecular flexibility index (Phi) is 6.15. The second-order valence-electron chi connectivity index (χ2n) is 4.01. The highest BCUT2D eigenvalue weighted by molar-refractivity contribution is 14.1. The Hall–Kier alpha value is -0.510. The number of hydrogen-bond donors (Lipinski definition) is 2. The summed E-state index contributed by atoms with van der Waals surface area (Å²) in [4.78, 5) is 12.1. The van der Waals surface area contributed by atoms with Gasteiger partial charge >= 0.3 is 0 Å². The summed E-state index contributed by atoms with van der Waals surface area (Å²) < 4.78 is 2.71. The minimum atomic E-state index is -0.257. The number of benzene rings is 2. The lowest BCUT2D eigenvalue weighted by molar-refractivity contribution is 0.0977. The van der Waals surface area contributed by atoms with E-state index < -0.39 is 0 Å². The highest BCUT2D eigenvalue weighted by atomic mass is 127. The van der Waals surface area contributed by atoms with Crippen LogP contribution in [-0.2, 0) is 0 Å². The van der Waals surface area contributed by atoms with Crippen molar-refractivity contribution < 1.29 is 4.79 Å². The third-order valence-electron chi connectivity index (χ3n) is 2.52. The molecule has 0 heterocycles. The second-order valence-corrected chi connectivity index (χ2v) is 7.35. The molecule has 3 nitrogen and oxygen atoms in total. The van der Waals surface area contributed by atoms with E-state index in [1.807, 2.05) is 30.3 Å². The Balaban J connectivity index is 2.05. The van der Waals surface area contributed by atoms with Gasteiger partial charge in [0.25, 0.3) is 5.91 Å². The Labute approximate surface area is 158 Å². The Morgan fingerprint density at radius 2 is 1.86 bits per heavy atom. The van der Waals surface area contributed by atoms with Crippen LogP contribution in [0.1, 0.15) is 10.4 Å². The molecule has 7 heteroatoms. The topological polar surface area (TPSA) is 41.1 Å². The van der Waals surface area contributed by atoms with Crippen molar-refractivity contribution in [2.24, 2.45) is 0 Å². The van der Waals surface area contributed by atoms with Gasteiger partial charge < -0.3 is 5.32 Å². The molecule has 0 fully saturated rings. The van der Waals surface area contributed by atoms with Gasteiger partial charge in [0.15, 0.2) is 5.11 Å². The normalized spacial score (nSPS) is 10.0. The first-order valence-electron chi connectivity index (χ1n) is 5.79. The van der Waals surface area contributed by atoms with Crippen molar-refractivity contribution in [2.75, 3.05) is 5.32 Å². The van der Waals surface area contributed by atoms with Crippen LogP contribution in [0, 0.1) is 3.57 Å². The predicted molar refractivity (Wildman–Crippen MR) is 105 cm³/mol. The van der Waals surface area contributed by atoms with Crippen molar-refractivity contribution >= 4 is 83.4 Å². The fourth-order valence-corrected chi connectivity index (χ4v) is 3.67. The average Bonchev–Trinajstić information content (AvgIpc) is 2.42. The van der Waals surface area contributed by atoms with Crippen molar-refractivity contribution in [3.63, 3.8) is 0 Å². The maximum absolute atomic E-state index is 12.1. The molecule has 21 heavy (non-hydrogen) atoms. The third kappa shape index (κ3) is 4.73. The molecule has 2 aromatic rings. The van der Waals surface area contributed by atoms with Gasteiger partial charge in [-0.2, -0.15) is 0 Å². The van der Waals surface area contributed by atoms with E-state index in [-0.39, 0.29) is 11.0 Å². The van der Waals surface area contributed by atoms with E-state index in [0.29, 0.717) is 5.56 Å². The lowest BCUT2D eigenvalue weighted by Crippen LogP contribution is -2.34. The Morgan fingerprint density at radius 3 is 2.52 bits per heavy atom. The molecule has 0 saturated heterocycles. The van der Waals surface area contributed by atoms with Gasteiger partial charge in [-0.15, -0.1) is 0 Å². The van der Waals surface area contributed by atoms with Crippen molar-refractivity contribution in [1.29, 1.82) is 0 Å². The van der Waals surface area contributed by atoms with Gasteiger partial charge in [-0.3, -0.25) is 10.1 Å². The van der Waals surface area contributed by atoms with Gasteiger partial charge in [-0.25, -0.2) is 0 Å². The monoisotopic (exact) mass is 538 g/mol. The molecule has 0 unspecified atom stereocenters. The minimum absolute atomic E-state index is 0.257. The number of amides is 1. The molecule has 0 aliphatic rings. The lowest BCUT2D eigenvalue weighted by atomic mass is 10.2. The number of halogens is 3. The van der Waals surface area contributed by atoms with Crippen LogP contribution < -0.4 is 10.6 Å². The van der Waals surface area contributed by atoms with E-state index in [1.54, 1.807) is 12.1 Å². The van der Waals surface area contributed by atoms with Gasteiger partial charge in [0.1, 0.15) is 0 Å². The number of rotatable bonds is 2. The molecular formula is C14H9Br2IN2OS. The van der Waals surface area contributed by atoms with Crippen LogP contribution in [0.3, 0.4) is 0 Å². The number of hydrogen-bond acceptors (Lipinski definition) is 2. The molecular weight excluding hydrogens is 531 g/mol. The first-order valence-corrected chi connectivity index (χ1v) is 8.86. The number of carbonyl (C=O) groups is 1. The Bertz CT molecular complexity index is 709. The molecule has 0 spiro atoms. The maximum Gasteiger partial charge on any atom is 0.258 e. The molecule has 1 amide bonds. The van der Waals surface area contributed by atoms with E-state index in [4.69, 9.17) is 12.2 Å². The number of anilines is 1. The third-order valence-corrected chi connectivity index (χ3v) is 4.81. The average molecular weight is 540 g/mol. The van der Waals surface area contributed by atoms with Crippen LogP contribution >= 0.6 is 66.7 Å². The summed E-state index contributed by atoms with van der Waals surface area (Å²) in [6.07, 6.45) is 0. The summed E-state index contributed by atoms with van der Waals surface area (Å²) in [5, 5.41) is 5.94. The van der Waals surface area contributed by atoms with E-state index in [2.05, 4.69) is 65.1 Å². The van der Waals surface area contributed by atoms with Crippen LogP contribution in [0.15, 0.2) is 51.4 Å². The molecule has 0 saturated carbocycles. The van der Waals surface area contributed by atoms with Crippen LogP contribution in [0.25, 0.3) is 0 Å². The maximum atomic E-state index is 12.1. The van der Waals surface area contributed by atoms with Gasteiger partial charge in [-0.1, -0.05) is 28.1 Å². The molecule has 0 bridgehead atoms. The molecule has 0 aromatic heterocycles. The van der Waals surface area contributed by atoms with E-state index in [0.717, 1.165) is 18.2 Å². The molecule has 0 radical (unpaired) electrons. The highest BCUT2D eigenvalue weighted by Crippen LogP contribution is 2.22. The zero-order valence-electron chi connectivity index (χ0n) is 10.5. The highest BCUT2D eigenvalue weighted by Gasteiger charge is 2.11. The van der Waals surface area contributed by atoms with Crippen LogP contribution in [0.4, 0.5) is 5.69 Å². The first kappa shape index (κ1) is 16.9. The summed E-state index contributed by atoms with van der Waals surface area (Å²) in [6.45, 7) is 0. The zero-order valence-corrected chi connectivity index (χ0v) is 16.6. The van der Waals surface area contributed by atoms with Crippen LogP contribution in [0.2, 0.25) is 0 Å². The standard InChI is InChI=1S/C14H9Br2IN2OS/c15-8-5-6-12(11(17)7-8)18-14(21)19-13(20)9-3-1-2-4-10(9)16/h1-7H,(H2,18,19,20,21). The predicted octanol–water partition coefficient (Wildman–Crippen LogP) is 4.94. The summed E-state index contributed by atoms with van der Waals surface area (Å²) in [6, 6.07) is 12.9. The zero-order chi connectivity index (χ0) is 15.4. The van der Waals surface area contributed by atoms with Crippen LogP contribution in [-0.4, -0.2) is 11.0 Å². The van der Waals surface area contributed by atoms with Gasteiger partial charge in [0.05, 0.1) is 11.3 Å². The molecule has 2 rings (SSSR count). The summed E-state index contributed by atoms with van der Waals surface area (Å²) in [5.41, 5.74) is 1.38. The molecule has 2 N–H and O–H groups in total. The summed E-state index contributed by atoms with van der Waals surface area (Å²) in [5.74, 6) is -0.257. The quantitative estimate of drug-likeness (QED) is 0.419. The van der Waals surface area contributed by atoms with E-state index >= 15 is 0 Å². The molecule has 0 aliphatic heterocycles. The molecule has 108 valence electrons. The fourth-order valence-electron chi connectivity index (χ4n) is 1.56. The second kappa shape index (κ2) is 7.66. The number of carbonyl (C=O) groups excluding carboxylic acids is 1. The fraction of sp³-hybridized carbons (Fsp3) is 0. The van der Waals surface area contributed by atoms with Crippen LogP contribution in [0.5, 0.6) is 0 Å². The van der Waals surface area contributed by atoms with Gasteiger partial charge in [0.2, 0.25) is 0 Å². The van der Waals surface area contributed by atoms with E-state index in [9.17, 15) is 4.79 Å². The van der Waals surface area contributed by atoms with Crippen molar-refractivity contribution in [1.82, 2.24) is 5.32 Å². The number of thiocarbonyl (C=S) groups is 1. The minimum Gasteiger partial charge on any atom is -0.332 e. The smallest absolute Gasteiger partial charge is 0.258 e. The van der Waals surface area contributed by atoms with Crippen molar-refractivity contribution in [3.05, 3.63) is 60.5 Å². The number of nitrogens with one attached hydrogen (secondary N) is 2.